The molecule has 0 spiro atoms. The van der Waals surface area contributed by atoms with E-state index in [1.807, 2.05) is 41.8 Å². The number of fused-ring (bicyclic) bond motifs is 1. The number of nitrogens with one attached hydrogen (secondary N) is 2. The molecule has 0 aliphatic rings. The maximum Gasteiger partial charge on any atom is 0.416 e. The van der Waals surface area contributed by atoms with Crippen molar-refractivity contribution in [3.63, 3.8) is 0 Å². The topological polar surface area (TPSA) is 105 Å². The largest absolute Gasteiger partial charge is 0.416 e. The number of hydrogen-bond donors (Lipinski definition) is 2. The van der Waals surface area contributed by atoms with E-state index in [9.17, 15) is 21.6 Å². The summed E-state index contributed by atoms with van der Waals surface area (Å²) in [7, 11) is 0.560. The van der Waals surface area contributed by atoms with Crippen molar-refractivity contribution < 1.29 is 21.6 Å². The Morgan fingerprint density at radius 1 is 0.902 bits per heavy atom. The van der Waals surface area contributed by atoms with Crippen molar-refractivity contribution in [2.45, 2.75) is 11.9 Å². The van der Waals surface area contributed by atoms with Crippen LogP contribution in [0.5, 0.6) is 0 Å². The summed E-state index contributed by atoms with van der Waals surface area (Å²) in [4.78, 5) is 15.4. The molecule has 0 saturated carbocycles. The predicted octanol–water partition coefficient (Wildman–Crippen LogP) is 6.18. The Morgan fingerprint density at radius 2 is 1.56 bits per heavy atom. The van der Waals surface area contributed by atoms with E-state index in [1.165, 1.54) is 18.4 Å². The average molecular weight is 582 g/mol. The summed E-state index contributed by atoms with van der Waals surface area (Å²) in [6.45, 7) is 0. The van der Waals surface area contributed by atoms with Crippen molar-refractivity contribution in [1.82, 2.24) is 19.5 Å². The lowest BCUT2D eigenvalue weighted by Gasteiger charge is -2.19. The summed E-state index contributed by atoms with van der Waals surface area (Å²) in [6, 6.07) is 19.3. The molecule has 0 aliphatic carbocycles. The lowest BCUT2D eigenvalue weighted by Crippen LogP contribution is -2.12. The molecule has 2 aromatic heterocycles. The van der Waals surface area contributed by atoms with Crippen LogP contribution in [0.4, 0.5) is 47.9 Å². The Bertz CT molecular complexity index is 1800. The fourth-order valence-electron chi connectivity index (χ4n) is 4.22. The third-order valence-electron chi connectivity index (χ3n) is 6.34. The first-order valence-electron chi connectivity index (χ1n) is 12.4. The van der Waals surface area contributed by atoms with Crippen LogP contribution in [-0.2, 0) is 28.8 Å². The number of halogens is 3. The van der Waals surface area contributed by atoms with Gasteiger partial charge in [0, 0.05) is 43.6 Å². The van der Waals surface area contributed by atoms with E-state index in [0.29, 0.717) is 40.2 Å². The van der Waals surface area contributed by atoms with Gasteiger partial charge in [-0.25, -0.2) is 18.4 Å². The van der Waals surface area contributed by atoms with Crippen LogP contribution in [0.1, 0.15) is 11.1 Å². The zero-order valence-corrected chi connectivity index (χ0v) is 23.1. The normalized spacial score (nSPS) is 12.0. The standard InChI is InChI=1S/C28H26F3N7O2S/c1-37(25-14-15-32-26(36-25)33-20-8-4-18(5-9-20)17-41(3,39)40)22-12-13-24-23(16-22)35-27(38(24)2)34-21-10-6-19(7-11-21)28(29,30)31/h4-16H,17H2,1-3H3,(H,34,35)(H,32,33,36). The van der Waals surface area contributed by atoms with Gasteiger partial charge >= 0.3 is 6.18 Å². The van der Waals surface area contributed by atoms with Gasteiger partial charge in [0.2, 0.25) is 11.9 Å². The molecular formula is C28H26F3N7O2S. The molecule has 9 nitrogen and oxygen atoms in total. The molecule has 0 unspecified atom stereocenters. The van der Waals surface area contributed by atoms with Crippen molar-refractivity contribution in [2.24, 2.45) is 7.05 Å². The van der Waals surface area contributed by atoms with E-state index in [4.69, 9.17) is 0 Å². The van der Waals surface area contributed by atoms with Gasteiger partial charge in [0.05, 0.1) is 22.3 Å². The molecule has 0 saturated heterocycles. The smallest absolute Gasteiger partial charge is 0.329 e. The first-order chi connectivity index (χ1) is 19.4. The van der Waals surface area contributed by atoms with Crippen LogP contribution in [0.25, 0.3) is 11.0 Å². The predicted molar refractivity (Wildman–Crippen MR) is 154 cm³/mol. The fourth-order valence-corrected chi connectivity index (χ4v) is 5.02. The quantitative estimate of drug-likeness (QED) is 0.224. The lowest BCUT2D eigenvalue weighted by atomic mass is 10.2. The molecule has 212 valence electrons. The SMILES string of the molecule is CN(c1ccc2c(c1)nc(Nc1ccc(C(F)(F)F)cc1)n2C)c1ccnc(Nc2ccc(CS(C)(=O)=O)cc2)n1. The number of rotatable bonds is 8. The van der Waals surface area contributed by atoms with E-state index >= 15 is 0 Å². The summed E-state index contributed by atoms with van der Waals surface area (Å²) in [5.74, 6) is 1.44. The highest BCUT2D eigenvalue weighted by atomic mass is 32.2. The number of imidazole rings is 1. The number of nitrogens with zero attached hydrogens (tertiary/aromatic N) is 5. The van der Waals surface area contributed by atoms with Crippen molar-refractivity contribution in [2.75, 3.05) is 28.8 Å². The molecule has 2 N–H and O–H groups in total. The van der Waals surface area contributed by atoms with Crippen LogP contribution in [-0.4, -0.2) is 41.2 Å². The van der Waals surface area contributed by atoms with Crippen LogP contribution in [0.3, 0.4) is 0 Å². The van der Waals surface area contributed by atoms with Crippen molar-refractivity contribution >= 4 is 55.6 Å². The maximum absolute atomic E-state index is 12.9. The molecule has 41 heavy (non-hydrogen) atoms. The van der Waals surface area contributed by atoms with Crippen molar-refractivity contribution in [3.05, 3.63) is 90.1 Å². The molecule has 0 atom stereocenters. The zero-order chi connectivity index (χ0) is 29.4. The summed E-state index contributed by atoms with van der Waals surface area (Å²) < 4.78 is 63.5. The first kappa shape index (κ1) is 27.9. The minimum absolute atomic E-state index is 0.0305. The van der Waals surface area contributed by atoms with Gasteiger partial charge in [-0.3, -0.25) is 0 Å². The molecule has 0 bridgehead atoms. The molecule has 0 radical (unpaired) electrons. The molecule has 13 heteroatoms. The Balaban J connectivity index is 1.32. The number of alkyl halides is 3. The van der Waals surface area contributed by atoms with Crippen LogP contribution in [0.15, 0.2) is 79.0 Å². The minimum atomic E-state index is -4.40. The summed E-state index contributed by atoms with van der Waals surface area (Å²) >= 11 is 0. The molecule has 3 aromatic carbocycles. The van der Waals surface area contributed by atoms with Crippen LogP contribution in [0.2, 0.25) is 0 Å². The summed E-state index contributed by atoms with van der Waals surface area (Å²) in [5.41, 5.74) is 3.51. The molecule has 2 heterocycles. The second-order valence-electron chi connectivity index (χ2n) is 9.56. The van der Waals surface area contributed by atoms with E-state index in [1.54, 1.807) is 36.5 Å². The minimum Gasteiger partial charge on any atom is -0.329 e. The van der Waals surface area contributed by atoms with E-state index < -0.39 is 21.6 Å². The number of benzene rings is 3. The van der Waals surface area contributed by atoms with Gasteiger partial charge in [0.1, 0.15) is 5.82 Å². The van der Waals surface area contributed by atoms with E-state index in [2.05, 4.69) is 25.6 Å². The highest BCUT2D eigenvalue weighted by Gasteiger charge is 2.30. The second kappa shape index (κ2) is 10.7. The van der Waals surface area contributed by atoms with Gasteiger partial charge in [-0.15, -0.1) is 0 Å². The Morgan fingerprint density at radius 3 is 2.22 bits per heavy atom. The molecule has 0 aliphatic heterocycles. The highest BCUT2D eigenvalue weighted by Crippen LogP contribution is 2.32. The average Bonchev–Trinajstić information content (AvgIpc) is 3.22. The third kappa shape index (κ3) is 6.57. The second-order valence-corrected chi connectivity index (χ2v) is 11.7. The Kier molecular flexibility index (Phi) is 7.30. The first-order valence-corrected chi connectivity index (χ1v) is 14.4. The number of aryl methyl sites for hydroxylation is 1. The molecule has 0 amide bonds. The van der Waals surface area contributed by atoms with Crippen LogP contribution in [0, 0.1) is 0 Å². The van der Waals surface area contributed by atoms with Gasteiger partial charge in [0.15, 0.2) is 9.84 Å². The van der Waals surface area contributed by atoms with Crippen molar-refractivity contribution in [1.29, 1.82) is 0 Å². The van der Waals surface area contributed by atoms with Gasteiger partial charge < -0.3 is 20.1 Å². The van der Waals surface area contributed by atoms with Gasteiger partial charge in [-0.1, -0.05) is 12.1 Å². The maximum atomic E-state index is 12.9. The molecule has 5 aromatic rings. The van der Waals surface area contributed by atoms with Gasteiger partial charge in [0.25, 0.3) is 0 Å². The van der Waals surface area contributed by atoms with Crippen molar-refractivity contribution in [3.8, 4) is 0 Å². The zero-order valence-electron chi connectivity index (χ0n) is 22.3. The molecule has 5 rings (SSSR count). The Hall–Kier alpha value is -4.65. The monoisotopic (exact) mass is 581 g/mol. The number of hydrogen-bond acceptors (Lipinski definition) is 8. The Labute approximate surface area is 234 Å². The summed E-state index contributed by atoms with van der Waals surface area (Å²) in [6.07, 6.45) is -1.57. The number of anilines is 6. The van der Waals surface area contributed by atoms with Crippen LogP contribution >= 0.6 is 0 Å². The molecule has 0 fully saturated rings. The van der Waals surface area contributed by atoms with E-state index in [0.717, 1.165) is 23.3 Å². The third-order valence-corrected chi connectivity index (χ3v) is 7.20. The highest BCUT2D eigenvalue weighted by molar-refractivity contribution is 7.89. The molecular weight excluding hydrogens is 555 g/mol. The van der Waals surface area contributed by atoms with Gasteiger partial charge in [-0.05, 0) is 66.2 Å². The van der Waals surface area contributed by atoms with Crippen LogP contribution < -0.4 is 15.5 Å². The fraction of sp³-hybridized carbons (Fsp3) is 0.179. The van der Waals surface area contributed by atoms with E-state index in [-0.39, 0.29) is 5.75 Å². The van der Waals surface area contributed by atoms with Gasteiger partial charge in [-0.2, -0.15) is 18.2 Å². The summed E-state index contributed by atoms with van der Waals surface area (Å²) in [5, 5.41) is 6.21. The number of sulfone groups is 1. The lowest BCUT2D eigenvalue weighted by molar-refractivity contribution is -0.137. The number of aromatic nitrogens is 4.